The molecular formula is C48H56N6O9S. The summed E-state index contributed by atoms with van der Waals surface area (Å²) < 4.78 is 40.7. The van der Waals surface area contributed by atoms with Crippen LogP contribution in [0, 0.1) is 11.3 Å². The van der Waals surface area contributed by atoms with E-state index in [1.807, 2.05) is 81.5 Å². The first-order chi connectivity index (χ1) is 30.6. The van der Waals surface area contributed by atoms with E-state index in [0.717, 1.165) is 18.4 Å². The molecule has 6 atom stereocenters. The van der Waals surface area contributed by atoms with E-state index in [1.165, 1.54) is 9.21 Å². The summed E-state index contributed by atoms with van der Waals surface area (Å²) in [7, 11) is -2.22. The number of urea groups is 1. The van der Waals surface area contributed by atoms with Crippen molar-refractivity contribution in [2.45, 2.75) is 107 Å². The molecule has 1 unspecified atom stereocenters. The number of pyridine rings is 1. The van der Waals surface area contributed by atoms with Crippen LogP contribution in [0.4, 0.5) is 4.79 Å². The van der Waals surface area contributed by atoms with Crippen molar-refractivity contribution in [3.05, 3.63) is 96.6 Å². The number of hydrogen-bond acceptors (Lipinski definition) is 9. The van der Waals surface area contributed by atoms with Gasteiger partial charge in [0.05, 0.1) is 29.8 Å². The molecule has 4 amide bonds. The van der Waals surface area contributed by atoms with E-state index >= 15 is 0 Å². The first kappa shape index (κ1) is 44.6. The van der Waals surface area contributed by atoms with Crippen LogP contribution < -0.4 is 25.4 Å². The smallest absolute Gasteiger partial charge is 0.330 e. The van der Waals surface area contributed by atoms with E-state index in [1.54, 1.807) is 37.4 Å². The highest BCUT2D eigenvalue weighted by Gasteiger charge is 2.61. The van der Waals surface area contributed by atoms with Crippen molar-refractivity contribution in [2.75, 3.05) is 20.2 Å². The van der Waals surface area contributed by atoms with Gasteiger partial charge in [-0.1, -0.05) is 94.3 Å². The lowest BCUT2D eigenvalue weighted by Gasteiger charge is -2.35. The molecule has 3 aliphatic heterocycles. The number of carbonyl (C=O) groups excluding carboxylic acids is 3. The molecule has 15 nitrogen and oxygen atoms in total. The van der Waals surface area contributed by atoms with E-state index in [4.69, 9.17) is 14.5 Å². The Hall–Kier alpha value is -6.00. The van der Waals surface area contributed by atoms with E-state index in [-0.39, 0.29) is 43.8 Å². The number of carboxylic acid groups (broad SMARTS) is 1. The van der Waals surface area contributed by atoms with E-state index in [9.17, 15) is 32.7 Å². The van der Waals surface area contributed by atoms with Gasteiger partial charge in [0, 0.05) is 54.6 Å². The fourth-order valence-electron chi connectivity index (χ4n) is 9.04. The number of hydrogen-bond donors (Lipinski definition) is 4. The molecule has 1 saturated carbocycles. The standard InChI is InChI=1S/C48H56N6O9S/c1-47(2,3)42(29-53-27-31-17-13-14-20-41(31)64(53,60)61)51-46(59)50-36-19-12-7-5-6-11-18-32-26-48(32,45(57)58)52-43(55)39-24-34(28-54(39)44(36)56)63-40-25-37(30-15-9-8-10-16-30)49-38-23-33(62-4)21-22-35(38)40/h8-11,13-18,20-23,25,32,34,36,39,42H,5-7,12,19,24,26-29H2,1-4H3,(H,52,55)(H,57,58)(H2,50,51,59)/b18-11-/t32?,34-,36+,39+,42-,48-/m1/s1. The van der Waals surface area contributed by atoms with Crippen molar-refractivity contribution < 1.29 is 42.2 Å². The van der Waals surface area contributed by atoms with Crippen molar-refractivity contribution in [1.29, 1.82) is 0 Å². The van der Waals surface area contributed by atoms with Gasteiger partial charge in [0.15, 0.2) is 0 Å². The van der Waals surface area contributed by atoms with Crippen molar-refractivity contribution in [3.8, 4) is 22.8 Å². The molecular weight excluding hydrogens is 837 g/mol. The minimum Gasteiger partial charge on any atom is -0.497 e. The Labute approximate surface area is 373 Å². The second-order valence-corrected chi connectivity index (χ2v) is 20.3. The first-order valence-electron chi connectivity index (χ1n) is 22.0. The van der Waals surface area contributed by atoms with Crippen LogP contribution in [0.15, 0.2) is 95.9 Å². The van der Waals surface area contributed by atoms with Crippen LogP contribution >= 0.6 is 0 Å². The SMILES string of the molecule is COc1ccc2c(O[C@@H]3C[C@H]4C(=O)N[C@]5(C(=O)O)CC5/C=C\CCCCC[C@H](NC(=O)N[C@H](CN5Cc6ccccc6S5(=O)=O)C(C)(C)C)C(=O)N4C3)cc(-c3ccccc3)nc2c1. The number of sulfonamides is 1. The van der Waals surface area contributed by atoms with Crippen LogP contribution in [0.2, 0.25) is 0 Å². The Morgan fingerprint density at radius 3 is 2.52 bits per heavy atom. The zero-order valence-corrected chi connectivity index (χ0v) is 37.4. The lowest BCUT2D eigenvalue weighted by Crippen LogP contribution is -2.59. The second kappa shape index (κ2) is 17.9. The molecule has 0 radical (unpaired) electrons. The molecule has 4 aromatic rings. The highest BCUT2D eigenvalue weighted by atomic mass is 32.2. The average Bonchev–Trinajstić information content (AvgIpc) is 3.69. The summed E-state index contributed by atoms with van der Waals surface area (Å²) in [6.07, 6.45) is 6.43. The minimum atomic E-state index is -3.79. The maximum Gasteiger partial charge on any atom is 0.330 e. The maximum atomic E-state index is 15.0. The van der Waals surface area contributed by atoms with Gasteiger partial charge in [-0.2, -0.15) is 4.31 Å². The van der Waals surface area contributed by atoms with Gasteiger partial charge in [0.1, 0.15) is 35.2 Å². The third-order valence-electron chi connectivity index (χ3n) is 12.9. The molecule has 2 fully saturated rings. The van der Waals surface area contributed by atoms with Crippen LogP contribution in [-0.4, -0.2) is 101 Å². The number of aromatic nitrogens is 1. The molecule has 64 heavy (non-hydrogen) atoms. The molecule has 1 aliphatic carbocycles. The molecule has 338 valence electrons. The Bertz CT molecular complexity index is 2580. The number of aliphatic carboxylic acids is 1. The van der Waals surface area contributed by atoms with Crippen LogP contribution in [0.1, 0.15) is 71.3 Å². The quantitative estimate of drug-likeness (QED) is 0.144. The number of nitrogens with one attached hydrogen (secondary N) is 3. The summed E-state index contributed by atoms with van der Waals surface area (Å²) >= 11 is 0. The highest BCUT2D eigenvalue weighted by molar-refractivity contribution is 7.89. The fraction of sp³-hybridized carbons (Fsp3) is 0.438. The Kier molecular flexibility index (Phi) is 12.5. The lowest BCUT2D eigenvalue weighted by atomic mass is 9.86. The van der Waals surface area contributed by atoms with Crippen LogP contribution in [0.25, 0.3) is 22.2 Å². The normalized spacial score (nSPS) is 25.7. The molecule has 4 aliphatic rings. The Morgan fingerprint density at radius 1 is 1.02 bits per heavy atom. The molecule has 0 spiro atoms. The van der Waals surface area contributed by atoms with Gasteiger partial charge in [-0.25, -0.2) is 23.0 Å². The number of ether oxygens (including phenoxy) is 2. The summed E-state index contributed by atoms with van der Waals surface area (Å²) in [4.78, 5) is 62.7. The fourth-order valence-corrected chi connectivity index (χ4v) is 10.7. The zero-order valence-electron chi connectivity index (χ0n) is 36.6. The second-order valence-electron chi connectivity index (χ2n) is 18.4. The van der Waals surface area contributed by atoms with E-state index in [0.29, 0.717) is 46.5 Å². The summed E-state index contributed by atoms with van der Waals surface area (Å²) in [6, 6.07) is 20.2. The van der Waals surface area contributed by atoms with Crippen LogP contribution in [0.5, 0.6) is 11.5 Å². The molecule has 16 heteroatoms. The van der Waals surface area contributed by atoms with Gasteiger partial charge in [-0.05, 0) is 54.9 Å². The lowest BCUT2D eigenvalue weighted by molar-refractivity contribution is -0.145. The summed E-state index contributed by atoms with van der Waals surface area (Å²) in [5.74, 6) is -1.59. The van der Waals surface area contributed by atoms with E-state index in [2.05, 4.69) is 16.0 Å². The molecule has 3 aromatic carbocycles. The highest BCUT2D eigenvalue weighted by Crippen LogP contribution is 2.46. The molecule has 1 aromatic heterocycles. The number of rotatable bonds is 9. The average molecular weight is 893 g/mol. The molecule has 1 saturated heterocycles. The number of methoxy groups -OCH3 is 1. The Balaban J connectivity index is 1.08. The number of benzene rings is 3. The number of allylic oxidation sites excluding steroid dienone is 1. The van der Waals surface area contributed by atoms with Gasteiger partial charge in [-0.3, -0.25) is 9.59 Å². The number of amides is 4. The monoisotopic (exact) mass is 892 g/mol. The predicted octanol–water partition coefficient (Wildman–Crippen LogP) is 6.03. The van der Waals surface area contributed by atoms with Crippen molar-refractivity contribution >= 4 is 44.7 Å². The molecule has 0 bridgehead atoms. The largest absolute Gasteiger partial charge is 0.497 e. The van der Waals surface area contributed by atoms with E-state index < -0.39 is 74.9 Å². The topological polar surface area (TPSA) is 197 Å². The zero-order chi connectivity index (χ0) is 45.4. The van der Waals surface area contributed by atoms with Crippen LogP contribution in [-0.2, 0) is 31.0 Å². The summed E-state index contributed by atoms with van der Waals surface area (Å²) in [6.45, 7) is 5.87. The number of fused-ring (bicyclic) bond motifs is 4. The maximum absolute atomic E-state index is 15.0. The molecule has 4 heterocycles. The van der Waals surface area contributed by atoms with Gasteiger partial charge in [-0.15, -0.1) is 0 Å². The summed E-state index contributed by atoms with van der Waals surface area (Å²) in [5, 5.41) is 19.8. The van der Waals surface area contributed by atoms with Gasteiger partial charge < -0.3 is 35.4 Å². The van der Waals surface area contributed by atoms with Crippen molar-refractivity contribution in [2.24, 2.45) is 11.3 Å². The van der Waals surface area contributed by atoms with Gasteiger partial charge in [0.25, 0.3) is 0 Å². The predicted molar refractivity (Wildman–Crippen MR) is 240 cm³/mol. The number of carboxylic acids is 1. The number of nitrogens with zero attached hydrogens (tertiary/aromatic N) is 3. The van der Waals surface area contributed by atoms with Gasteiger partial charge >= 0.3 is 12.0 Å². The van der Waals surface area contributed by atoms with Crippen molar-refractivity contribution in [1.82, 2.24) is 30.1 Å². The summed E-state index contributed by atoms with van der Waals surface area (Å²) in [5.41, 5.74) is 0.700. The number of carbonyl (C=O) groups is 4. The first-order valence-corrected chi connectivity index (χ1v) is 23.4. The van der Waals surface area contributed by atoms with Crippen molar-refractivity contribution in [3.63, 3.8) is 0 Å². The third kappa shape index (κ3) is 9.16. The minimum absolute atomic E-state index is 0.00221. The molecule has 8 rings (SSSR count). The molecule has 4 N–H and O–H groups in total. The van der Waals surface area contributed by atoms with Gasteiger partial charge in [0.2, 0.25) is 21.8 Å². The Morgan fingerprint density at radius 2 is 1.78 bits per heavy atom. The van der Waals surface area contributed by atoms with Crippen LogP contribution in [0.3, 0.4) is 0 Å². The third-order valence-corrected chi connectivity index (χ3v) is 14.9.